The molecule has 0 fully saturated rings. The van der Waals surface area contributed by atoms with Gasteiger partial charge in [-0.3, -0.25) is 5.84 Å². The van der Waals surface area contributed by atoms with Crippen LogP contribution in [0.1, 0.15) is 6.92 Å². The molecule has 0 aliphatic carbocycles. The molecule has 2 N–H and O–H groups in total. The van der Waals surface area contributed by atoms with Crippen LogP contribution in [0.4, 0.5) is 0 Å². The minimum atomic E-state index is 0.726. The average Bonchev–Trinajstić information content (AvgIpc) is 1.66. The summed E-state index contributed by atoms with van der Waals surface area (Å²) in [5, 5.41) is 1.61. The molecule has 0 aromatic heterocycles. The molecule has 0 aliphatic rings. The summed E-state index contributed by atoms with van der Waals surface area (Å²) in [4.78, 5) is 0. The van der Waals surface area contributed by atoms with Gasteiger partial charge in [0.2, 0.25) is 0 Å². The quantitative estimate of drug-likeness (QED) is 0.316. The summed E-state index contributed by atoms with van der Waals surface area (Å²) in [6, 6.07) is 0. The standard InChI is InChI=1S/C5H14N2O/c1-3-8-5-4-7(2)6/h3-6H2,1-2H3. The third kappa shape index (κ3) is 5.88. The van der Waals surface area contributed by atoms with Gasteiger partial charge in [0, 0.05) is 20.2 Å². The minimum absolute atomic E-state index is 0.726. The van der Waals surface area contributed by atoms with Crippen LogP contribution >= 0.6 is 0 Å². The van der Waals surface area contributed by atoms with Gasteiger partial charge in [-0.2, -0.15) is 0 Å². The topological polar surface area (TPSA) is 38.5 Å². The molecule has 3 heteroatoms. The van der Waals surface area contributed by atoms with Crippen molar-refractivity contribution in [3.05, 3.63) is 0 Å². The molecule has 0 rings (SSSR count). The van der Waals surface area contributed by atoms with Gasteiger partial charge >= 0.3 is 0 Å². The second kappa shape index (κ2) is 5.03. The Hall–Kier alpha value is -0.120. The summed E-state index contributed by atoms with van der Waals surface area (Å²) in [7, 11) is 1.82. The summed E-state index contributed by atoms with van der Waals surface area (Å²) in [6.07, 6.45) is 0. The van der Waals surface area contributed by atoms with Gasteiger partial charge < -0.3 is 4.74 Å². The molecule has 0 heterocycles. The van der Waals surface area contributed by atoms with Crippen LogP contribution in [-0.4, -0.2) is 31.8 Å². The van der Waals surface area contributed by atoms with E-state index in [4.69, 9.17) is 10.6 Å². The van der Waals surface area contributed by atoms with Crippen LogP contribution in [-0.2, 0) is 4.74 Å². The first kappa shape index (κ1) is 7.88. The number of likely N-dealkylation sites (N-methyl/N-ethyl adjacent to an activating group) is 1. The fourth-order valence-electron chi connectivity index (χ4n) is 0.353. The molecular weight excluding hydrogens is 104 g/mol. The summed E-state index contributed by atoms with van der Waals surface area (Å²) < 4.78 is 5.02. The lowest BCUT2D eigenvalue weighted by Crippen LogP contribution is -2.29. The van der Waals surface area contributed by atoms with E-state index >= 15 is 0 Å². The molecule has 3 nitrogen and oxygen atoms in total. The lowest BCUT2D eigenvalue weighted by atomic mass is 10.7. The van der Waals surface area contributed by atoms with Gasteiger partial charge in [-0.15, -0.1) is 0 Å². The average molecular weight is 118 g/mol. The molecule has 0 unspecified atom stereocenters. The molecule has 0 spiro atoms. The Balaban J connectivity index is 2.72. The van der Waals surface area contributed by atoms with Crippen molar-refractivity contribution in [1.82, 2.24) is 5.01 Å². The Labute approximate surface area is 50.4 Å². The van der Waals surface area contributed by atoms with Gasteiger partial charge in [0.1, 0.15) is 0 Å². The van der Waals surface area contributed by atoms with Crippen LogP contribution in [0.5, 0.6) is 0 Å². The highest BCUT2D eigenvalue weighted by Crippen LogP contribution is 1.73. The first-order valence-electron chi connectivity index (χ1n) is 2.81. The lowest BCUT2D eigenvalue weighted by Gasteiger charge is -2.07. The van der Waals surface area contributed by atoms with Crippen molar-refractivity contribution >= 4 is 0 Å². The number of ether oxygens (including phenoxy) is 1. The van der Waals surface area contributed by atoms with Crippen molar-refractivity contribution < 1.29 is 4.74 Å². The Morgan fingerprint density at radius 2 is 2.25 bits per heavy atom. The van der Waals surface area contributed by atoms with Crippen molar-refractivity contribution in [2.24, 2.45) is 5.84 Å². The van der Waals surface area contributed by atoms with Crippen LogP contribution in [0.25, 0.3) is 0 Å². The second-order valence-corrected chi connectivity index (χ2v) is 1.68. The van der Waals surface area contributed by atoms with Gasteiger partial charge in [-0.1, -0.05) is 0 Å². The van der Waals surface area contributed by atoms with Gasteiger partial charge in [0.25, 0.3) is 0 Å². The van der Waals surface area contributed by atoms with Crippen molar-refractivity contribution in [3.63, 3.8) is 0 Å². The zero-order valence-corrected chi connectivity index (χ0v) is 5.55. The molecule has 0 saturated heterocycles. The van der Waals surface area contributed by atoms with E-state index in [1.807, 2.05) is 14.0 Å². The van der Waals surface area contributed by atoms with Crippen molar-refractivity contribution in [2.45, 2.75) is 6.92 Å². The molecule has 0 aromatic carbocycles. The van der Waals surface area contributed by atoms with E-state index in [-0.39, 0.29) is 0 Å². The van der Waals surface area contributed by atoms with E-state index < -0.39 is 0 Å². The SMILES string of the molecule is CCOCCN(C)N. The highest BCUT2D eigenvalue weighted by Gasteiger charge is 1.86. The molecule has 0 atom stereocenters. The number of rotatable bonds is 4. The van der Waals surface area contributed by atoms with Crippen LogP contribution in [0.3, 0.4) is 0 Å². The maximum absolute atomic E-state index is 5.29. The molecular formula is C5H14N2O. The summed E-state index contributed by atoms with van der Waals surface area (Å²) in [5.74, 6) is 5.29. The van der Waals surface area contributed by atoms with Crippen LogP contribution in [0, 0.1) is 0 Å². The molecule has 0 saturated carbocycles. The zero-order valence-electron chi connectivity index (χ0n) is 5.55. The van der Waals surface area contributed by atoms with E-state index in [9.17, 15) is 0 Å². The Kier molecular flexibility index (Phi) is 4.95. The first-order valence-corrected chi connectivity index (χ1v) is 2.81. The van der Waals surface area contributed by atoms with E-state index in [1.54, 1.807) is 5.01 Å². The maximum atomic E-state index is 5.29. The predicted molar refractivity (Wildman–Crippen MR) is 33.3 cm³/mol. The molecule has 0 aromatic rings. The van der Waals surface area contributed by atoms with Crippen LogP contribution in [0.15, 0.2) is 0 Å². The number of hydrogen-bond donors (Lipinski definition) is 1. The van der Waals surface area contributed by atoms with Crippen LogP contribution < -0.4 is 5.84 Å². The molecule has 0 radical (unpaired) electrons. The van der Waals surface area contributed by atoms with Gasteiger partial charge in [-0.05, 0) is 6.92 Å². The lowest BCUT2D eigenvalue weighted by molar-refractivity contribution is 0.122. The monoisotopic (exact) mass is 118 g/mol. The smallest absolute Gasteiger partial charge is 0.0607 e. The normalized spacial score (nSPS) is 10.5. The van der Waals surface area contributed by atoms with E-state index in [0.29, 0.717) is 0 Å². The van der Waals surface area contributed by atoms with Crippen molar-refractivity contribution in [1.29, 1.82) is 0 Å². The third-order valence-corrected chi connectivity index (χ3v) is 0.792. The van der Waals surface area contributed by atoms with Crippen molar-refractivity contribution in [2.75, 3.05) is 26.8 Å². The minimum Gasteiger partial charge on any atom is -0.380 e. The fourth-order valence-corrected chi connectivity index (χ4v) is 0.353. The van der Waals surface area contributed by atoms with Gasteiger partial charge in [-0.25, -0.2) is 5.01 Å². The zero-order chi connectivity index (χ0) is 6.41. The fraction of sp³-hybridized carbons (Fsp3) is 1.00. The Morgan fingerprint density at radius 1 is 1.62 bits per heavy atom. The summed E-state index contributed by atoms with van der Waals surface area (Å²) in [5.41, 5.74) is 0. The Morgan fingerprint density at radius 3 is 2.62 bits per heavy atom. The Bertz CT molecular complexity index is 47.7. The first-order chi connectivity index (χ1) is 3.77. The summed E-state index contributed by atoms with van der Waals surface area (Å²) in [6.45, 7) is 4.27. The highest BCUT2D eigenvalue weighted by atomic mass is 16.5. The predicted octanol–water partition coefficient (Wildman–Crippen LogP) is -0.172. The molecule has 0 aliphatic heterocycles. The third-order valence-electron chi connectivity index (χ3n) is 0.792. The van der Waals surface area contributed by atoms with E-state index in [0.717, 1.165) is 19.8 Å². The second-order valence-electron chi connectivity index (χ2n) is 1.68. The van der Waals surface area contributed by atoms with Gasteiger partial charge in [0.05, 0.1) is 6.61 Å². The van der Waals surface area contributed by atoms with Gasteiger partial charge in [0.15, 0.2) is 0 Å². The van der Waals surface area contributed by atoms with Crippen molar-refractivity contribution in [3.8, 4) is 0 Å². The number of nitrogens with two attached hydrogens (primary N) is 1. The van der Waals surface area contributed by atoms with E-state index in [2.05, 4.69) is 0 Å². The summed E-state index contributed by atoms with van der Waals surface area (Å²) >= 11 is 0. The molecule has 8 heavy (non-hydrogen) atoms. The molecule has 50 valence electrons. The van der Waals surface area contributed by atoms with Crippen LogP contribution in [0.2, 0.25) is 0 Å². The largest absolute Gasteiger partial charge is 0.380 e. The highest BCUT2D eigenvalue weighted by molar-refractivity contribution is 4.34. The number of hydrogen-bond acceptors (Lipinski definition) is 3. The number of hydrazine groups is 1. The number of nitrogens with zero attached hydrogens (tertiary/aromatic N) is 1. The molecule has 0 amide bonds. The maximum Gasteiger partial charge on any atom is 0.0607 e. The van der Waals surface area contributed by atoms with E-state index in [1.165, 1.54) is 0 Å². The molecule has 0 bridgehead atoms.